The molecular formula is C14H13ClO. The average Bonchev–Trinajstić information content (AvgIpc) is 2.46. The molecule has 0 atom stereocenters. The Bertz CT molecular complexity index is 452. The highest BCUT2D eigenvalue weighted by molar-refractivity contribution is 6.29. The molecule has 0 saturated carbocycles. The van der Waals surface area contributed by atoms with Gasteiger partial charge in [-0.15, -0.1) is 0 Å². The fraction of sp³-hybridized carbons (Fsp3) is 0.143. The first-order valence-electron chi connectivity index (χ1n) is 5.21. The fourth-order valence-corrected chi connectivity index (χ4v) is 1.61. The van der Waals surface area contributed by atoms with Gasteiger partial charge in [0.1, 0.15) is 11.5 Å². The van der Waals surface area contributed by atoms with E-state index in [4.69, 9.17) is 16.3 Å². The Morgan fingerprint density at radius 1 is 1.19 bits per heavy atom. The lowest BCUT2D eigenvalue weighted by atomic mass is 10.2. The Hall–Kier alpha value is -1.47. The summed E-state index contributed by atoms with van der Waals surface area (Å²) in [6.07, 6.45) is 8.48. The van der Waals surface area contributed by atoms with Crippen LogP contribution in [-0.2, 0) is 0 Å². The summed E-state index contributed by atoms with van der Waals surface area (Å²) < 4.78 is 5.71. The molecule has 1 aromatic rings. The van der Waals surface area contributed by atoms with Crippen LogP contribution in [0, 0.1) is 6.92 Å². The van der Waals surface area contributed by atoms with Crippen molar-refractivity contribution < 1.29 is 4.74 Å². The molecule has 0 N–H and O–H groups in total. The van der Waals surface area contributed by atoms with Crippen LogP contribution >= 0.6 is 11.6 Å². The van der Waals surface area contributed by atoms with Crippen LogP contribution in [0.5, 0.6) is 5.75 Å². The molecule has 16 heavy (non-hydrogen) atoms. The molecule has 0 heterocycles. The monoisotopic (exact) mass is 232 g/mol. The van der Waals surface area contributed by atoms with Crippen LogP contribution in [0.4, 0.5) is 0 Å². The molecule has 0 aliphatic heterocycles. The number of rotatable bonds is 2. The van der Waals surface area contributed by atoms with Crippen molar-refractivity contribution in [2.45, 2.75) is 13.3 Å². The van der Waals surface area contributed by atoms with E-state index < -0.39 is 0 Å². The molecule has 0 bridgehead atoms. The Labute approximate surface area is 101 Å². The van der Waals surface area contributed by atoms with Gasteiger partial charge in [-0.25, -0.2) is 0 Å². The van der Waals surface area contributed by atoms with E-state index in [1.807, 2.05) is 55.5 Å². The second-order valence-electron chi connectivity index (χ2n) is 3.71. The molecular weight excluding hydrogens is 220 g/mol. The summed E-state index contributed by atoms with van der Waals surface area (Å²) in [7, 11) is 0. The molecule has 82 valence electrons. The highest BCUT2D eigenvalue weighted by Gasteiger charge is 2.01. The lowest BCUT2D eigenvalue weighted by molar-refractivity contribution is 0.444. The quantitative estimate of drug-likeness (QED) is 0.737. The van der Waals surface area contributed by atoms with Gasteiger partial charge in [-0.05, 0) is 31.2 Å². The molecule has 2 heteroatoms. The third-order valence-corrected chi connectivity index (χ3v) is 2.53. The number of hydrogen-bond acceptors (Lipinski definition) is 1. The smallest absolute Gasteiger partial charge is 0.128 e. The summed E-state index contributed by atoms with van der Waals surface area (Å²) in [4.78, 5) is 0. The van der Waals surface area contributed by atoms with Crippen molar-refractivity contribution in [1.82, 2.24) is 0 Å². The first-order valence-corrected chi connectivity index (χ1v) is 5.59. The summed E-state index contributed by atoms with van der Waals surface area (Å²) >= 11 is 6.00. The second-order valence-corrected chi connectivity index (χ2v) is 4.19. The highest BCUT2D eigenvalue weighted by Crippen LogP contribution is 2.20. The zero-order chi connectivity index (χ0) is 11.4. The molecule has 0 saturated heterocycles. The molecule has 0 fully saturated rings. The molecule has 1 nitrogen and oxygen atoms in total. The number of allylic oxidation sites excluding steroid dienone is 5. The van der Waals surface area contributed by atoms with Crippen molar-refractivity contribution in [3.8, 4) is 5.75 Å². The van der Waals surface area contributed by atoms with E-state index in [2.05, 4.69) is 0 Å². The van der Waals surface area contributed by atoms with Gasteiger partial charge in [0.25, 0.3) is 0 Å². The maximum absolute atomic E-state index is 6.00. The summed E-state index contributed by atoms with van der Waals surface area (Å²) in [5, 5.41) is 0.784. The number of aryl methyl sites for hydroxylation is 1. The number of ether oxygens (including phenoxy) is 1. The predicted molar refractivity (Wildman–Crippen MR) is 67.6 cm³/mol. The largest absolute Gasteiger partial charge is 0.457 e. The van der Waals surface area contributed by atoms with Crippen molar-refractivity contribution in [1.29, 1.82) is 0 Å². The molecule has 2 rings (SSSR count). The molecule has 0 aromatic heterocycles. The van der Waals surface area contributed by atoms with E-state index >= 15 is 0 Å². The lowest BCUT2D eigenvalue weighted by Crippen LogP contribution is -1.92. The molecule has 1 aromatic carbocycles. The van der Waals surface area contributed by atoms with Gasteiger partial charge in [0, 0.05) is 11.5 Å². The van der Waals surface area contributed by atoms with E-state index in [9.17, 15) is 0 Å². The van der Waals surface area contributed by atoms with Crippen LogP contribution in [0.2, 0.25) is 0 Å². The van der Waals surface area contributed by atoms with Gasteiger partial charge in [0.2, 0.25) is 0 Å². The van der Waals surface area contributed by atoms with E-state index in [1.165, 1.54) is 5.56 Å². The third kappa shape index (κ3) is 3.01. The van der Waals surface area contributed by atoms with Gasteiger partial charge in [0.15, 0.2) is 0 Å². The third-order valence-electron chi connectivity index (χ3n) is 2.26. The summed E-state index contributed by atoms with van der Waals surface area (Å²) in [5.41, 5.74) is 1.22. The summed E-state index contributed by atoms with van der Waals surface area (Å²) in [6, 6.07) is 7.94. The van der Waals surface area contributed by atoms with Gasteiger partial charge < -0.3 is 4.74 Å². The highest BCUT2D eigenvalue weighted by atomic mass is 35.5. The topological polar surface area (TPSA) is 9.23 Å². The van der Waals surface area contributed by atoms with Gasteiger partial charge in [0.05, 0.1) is 0 Å². The van der Waals surface area contributed by atoms with Gasteiger partial charge in [-0.3, -0.25) is 0 Å². The molecule has 0 unspecified atom stereocenters. The fourth-order valence-electron chi connectivity index (χ4n) is 1.41. The Balaban J connectivity index is 2.15. The standard InChI is InChI=1S/C14H13ClO/c1-11-6-8-13(9-7-11)16-14-5-3-2-4-12(15)10-14/h2-3,5-10H,4H2,1H3. The van der Waals surface area contributed by atoms with Crippen molar-refractivity contribution >= 4 is 11.6 Å². The van der Waals surface area contributed by atoms with E-state index in [0.29, 0.717) is 0 Å². The normalized spacial score (nSPS) is 15.1. The summed E-state index contributed by atoms with van der Waals surface area (Å²) in [6.45, 7) is 2.05. The number of halogens is 1. The van der Waals surface area contributed by atoms with Gasteiger partial charge in [-0.1, -0.05) is 41.4 Å². The molecule has 0 amide bonds. The average molecular weight is 233 g/mol. The van der Waals surface area contributed by atoms with Crippen LogP contribution in [0.3, 0.4) is 0 Å². The SMILES string of the molecule is Cc1ccc(OC2=CC=CCC(Cl)=C2)cc1. The molecule has 1 aliphatic carbocycles. The minimum Gasteiger partial charge on any atom is -0.457 e. The number of benzene rings is 1. The van der Waals surface area contributed by atoms with Gasteiger partial charge >= 0.3 is 0 Å². The zero-order valence-electron chi connectivity index (χ0n) is 9.11. The Morgan fingerprint density at radius 3 is 2.69 bits per heavy atom. The van der Waals surface area contributed by atoms with Crippen molar-refractivity contribution in [3.63, 3.8) is 0 Å². The molecule has 0 radical (unpaired) electrons. The van der Waals surface area contributed by atoms with E-state index in [-0.39, 0.29) is 0 Å². The van der Waals surface area contributed by atoms with Crippen molar-refractivity contribution in [2.75, 3.05) is 0 Å². The van der Waals surface area contributed by atoms with Crippen LogP contribution in [0.25, 0.3) is 0 Å². The minimum absolute atomic E-state index is 0.763. The molecule has 0 spiro atoms. The summed E-state index contributed by atoms with van der Waals surface area (Å²) in [5.74, 6) is 1.59. The van der Waals surface area contributed by atoms with E-state index in [0.717, 1.165) is 23.0 Å². The second kappa shape index (κ2) is 5.04. The predicted octanol–water partition coefficient (Wildman–Crippen LogP) is 4.34. The lowest BCUT2D eigenvalue weighted by Gasteiger charge is -2.06. The maximum atomic E-state index is 6.00. The Morgan fingerprint density at radius 2 is 1.94 bits per heavy atom. The first-order chi connectivity index (χ1) is 7.74. The zero-order valence-corrected chi connectivity index (χ0v) is 9.87. The minimum atomic E-state index is 0.763. The van der Waals surface area contributed by atoms with Crippen LogP contribution in [-0.4, -0.2) is 0 Å². The first kappa shape index (κ1) is 11.0. The van der Waals surface area contributed by atoms with E-state index in [1.54, 1.807) is 0 Å². The van der Waals surface area contributed by atoms with Crippen LogP contribution in [0.1, 0.15) is 12.0 Å². The maximum Gasteiger partial charge on any atom is 0.128 e. The number of hydrogen-bond donors (Lipinski definition) is 0. The Kier molecular flexibility index (Phi) is 3.47. The van der Waals surface area contributed by atoms with Crippen molar-refractivity contribution in [3.05, 3.63) is 64.9 Å². The van der Waals surface area contributed by atoms with Crippen LogP contribution < -0.4 is 4.74 Å². The van der Waals surface area contributed by atoms with Crippen LogP contribution in [0.15, 0.2) is 59.4 Å². The van der Waals surface area contributed by atoms with Gasteiger partial charge in [-0.2, -0.15) is 0 Å². The van der Waals surface area contributed by atoms with Crippen molar-refractivity contribution in [2.24, 2.45) is 0 Å². The molecule has 1 aliphatic rings.